The van der Waals surface area contributed by atoms with Crippen LogP contribution in [0.5, 0.6) is 0 Å². The summed E-state index contributed by atoms with van der Waals surface area (Å²) in [4.78, 5) is 8.17. The van der Waals surface area contributed by atoms with Crippen LogP contribution in [0.4, 0.5) is 5.82 Å². The second kappa shape index (κ2) is 4.92. The van der Waals surface area contributed by atoms with Crippen LogP contribution < -0.4 is 5.73 Å². The lowest BCUT2D eigenvalue weighted by Crippen LogP contribution is -2.05. The number of nitrogen functional groups attached to an aromatic ring is 1. The van der Waals surface area contributed by atoms with Crippen LogP contribution in [0, 0.1) is 0 Å². The predicted molar refractivity (Wildman–Crippen MR) is 84.3 cm³/mol. The summed E-state index contributed by atoms with van der Waals surface area (Å²) >= 11 is 5.89. The summed E-state index contributed by atoms with van der Waals surface area (Å²) in [6.45, 7) is 0. The Morgan fingerprint density at radius 2 is 1.82 bits per heavy atom. The van der Waals surface area contributed by atoms with E-state index in [9.17, 15) is 8.42 Å². The zero-order chi connectivity index (χ0) is 16.1. The SMILES string of the molecule is Cn1nc2nc(S(C)(=O)=O)nc(-c3ccc(Cl)cc3)c2c1N. The van der Waals surface area contributed by atoms with E-state index < -0.39 is 9.84 Å². The molecule has 0 spiro atoms. The minimum absolute atomic E-state index is 0.236. The maximum Gasteiger partial charge on any atom is 0.249 e. The van der Waals surface area contributed by atoms with Crippen molar-refractivity contribution >= 4 is 38.3 Å². The quantitative estimate of drug-likeness (QED) is 0.713. The van der Waals surface area contributed by atoms with Gasteiger partial charge in [0.25, 0.3) is 0 Å². The van der Waals surface area contributed by atoms with Crippen molar-refractivity contribution in [2.75, 3.05) is 12.0 Å². The Morgan fingerprint density at radius 3 is 2.41 bits per heavy atom. The molecule has 0 aliphatic carbocycles. The van der Waals surface area contributed by atoms with Crippen LogP contribution in [0.1, 0.15) is 0 Å². The Hall–Kier alpha value is -2.19. The van der Waals surface area contributed by atoms with Crippen molar-refractivity contribution < 1.29 is 8.42 Å². The van der Waals surface area contributed by atoms with Crippen molar-refractivity contribution in [2.24, 2.45) is 7.05 Å². The third kappa shape index (κ3) is 2.40. The van der Waals surface area contributed by atoms with E-state index in [-0.39, 0.29) is 10.8 Å². The fraction of sp³-hybridized carbons (Fsp3) is 0.154. The number of fused-ring (bicyclic) bond motifs is 1. The van der Waals surface area contributed by atoms with Gasteiger partial charge in [0.1, 0.15) is 5.82 Å². The van der Waals surface area contributed by atoms with Gasteiger partial charge in [0, 0.05) is 23.9 Å². The summed E-state index contributed by atoms with van der Waals surface area (Å²) < 4.78 is 25.0. The van der Waals surface area contributed by atoms with E-state index in [1.165, 1.54) is 4.68 Å². The Bertz CT molecular complexity index is 980. The number of hydrogen-bond donors (Lipinski definition) is 1. The Balaban J connectivity index is 2.42. The molecule has 0 atom stereocenters. The number of sulfone groups is 1. The Kier molecular flexibility index (Phi) is 3.30. The summed E-state index contributed by atoms with van der Waals surface area (Å²) in [7, 11) is -1.92. The monoisotopic (exact) mass is 337 g/mol. The van der Waals surface area contributed by atoms with Crippen molar-refractivity contribution in [3.63, 3.8) is 0 Å². The van der Waals surface area contributed by atoms with Gasteiger partial charge >= 0.3 is 0 Å². The molecular formula is C13H12ClN5O2S. The molecule has 3 rings (SSSR count). The highest BCUT2D eigenvalue weighted by Gasteiger charge is 2.21. The van der Waals surface area contributed by atoms with Gasteiger partial charge in [-0.25, -0.2) is 13.4 Å². The number of nitrogens with zero attached hydrogens (tertiary/aromatic N) is 4. The van der Waals surface area contributed by atoms with E-state index in [4.69, 9.17) is 17.3 Å². The molecule has 2 heterocycles. The summed E-state index contributed by atoms with van der Waals surface area (Å²) in [6, 6.07) is 6.86. The Morgan fingerprint density at radius 1 is 1.18 bits per heavy atom. The molecule has 0 amide bonds. The first-order chi connectivity index (χ1) is 10.3. The molecule has 2 N–H and O–H groups in total. The fourth-order valence-corrected chi connectivity index (χ4v) is 2.71. The van der Waals surface area contributed by atoms with Gasteiger partial charge in [0.05, 0.1) is 11.1 Å². The largest absolute Gasteiger partial charge is 0.383 e. The number of halogens is 1. The molecule has 9 heteroatoms. The fourth-order valence-electron chi connectivity index (χ4n) is 2.08. The van der Waals surface area contributed by atoms with Crippen molar-refractivity contribution in [1.82, 2.24) is 19.7 Å². The molecule has 0 unspecified atom stereocenters. The molecule has 114 valence electrons. The van der Waals surface area contributed by atoms with Crippen LogP contribution >= 0.6 is 11.6 Å². The van der Waals surface area contributed by atoms with Crippen molar-refractivity contribution in [2.45, 2.75) is 5.16 Å². The van der Waals surface area contributed by atoms with E-state index in [0.717, 1.165) is 6.26 Å². The van der Waals surface area contributed by atoms with Gasteiger partial charge < -0.3 is 5.73 Å². The molecular weight excluding hydrogens is 326 g/mol. The highest BCUT2D eigenvalue weighted by molar-refractivity contribution is 7.90. The molecule has 3 aromatic rings. The zero-order valence-corrected chi connectivity index (χ0v) is 13.4. The molecule has 2 aromatic heterocycles. The molecule has 0 aliphatic heterocycles. The lowest BCUT2D eigenvalue weighted by atomic mass is 10.1. The normalized spacial score (nSPS) is 12.0. The molecule has 22 heavy (non-hydrogen) atoms. The number of hydrogen-bond acceptors (Lipinski definition) is 6. The van der Waals surface area contributed by atoms with Crippen LogP contribution in [0.15, 0.2) is 29.4 Å². The van der Waals surface area contributed by atoms with E-state index in [1.807, 2.05) is 0 Å². The highest BCUT2D eigenvalue weighted by Crippen LogP contribution is 2.31. The summed E-state index contributed by atoms with van der Waals surface area (Å²) in [5.74, 6) is 0.361. The molecule has 1 aromatic carbocycles. The number of rotatable bonds is 2. The second-order valence-corrected chi connectivity index (χ2v) is 7.19. The van der Waals surface area contributed by atoms with Gasteiger partial charge in [-0.1, -0.05) is 23.7 Å². The molecule has 0 bridgehead atoms. The van der Waals surface area contributed by atoms with Crippen molar-refractivity contribution in [3.8, 4) is 11.3 Å². The number of aromatic nitrogens is 4. The Labute approximate surface area is 131 Å². The van der Waals surface area contributed by atoms with Crippen LogP contribution in [0.25, 0.3) is 22.3 Å². The summed E-state index contributed by atoms with van der Waals surface area (Å²) in [5, 5.41) is 4.93. The smallest absolute Gasteiger partial charge is 0.249 e. The molecule has 0 saturated carbocycles. The second-order valence-electron chi connectivity index (χ2n) is 4.84. The number of benzene rings is 1. The van der Waals surface area contributed by atoms with Crippen molar-refractivity contribution in [1.29, 1.82) is 0 Å². The standard InChI is InChI=1S/C13H12ClN5O2S/c1-19-11(15)9-10(7-3-5-8(14)6-4-7)16-13(22(2,20)21)17-12(9)18-19/h3-6H,15H2,1-2H3. The van der Waals surface area contributed by atoms with Gasteiger partial charge in [-0.2, -0.15) is 10.1 Å². The predicted octanol–water partition coefficient (Wildman–Crippen LogP) is 1.67. The van der Waals surface area contributed by atoms with Gasteiger partial charge in [-0.05, 0) is 12.1 Å². The van der Waals surface area contributed by atoms with E-state index >= 15 is 0 Å². The first-order valence-electron chi connectivity index (χ1n) is 6.23. The maximum atomic E-state index is 11.8. The van der Waals surface area contributed by atoms with Crippen LogP contribution in [0.2, 0.25) is 5.02 Å². The minimum Gasteiger partial charge on any atom is -0.383 e. The zero-order valence-electron chi connectivity index (χ0n) is 11.8. The lowest BCUT2D eigenvalue weighted by molar-refractivity contribution is 0.593. The highest BCUT2D eigenvalue weighted by atomic mass is 35.5. The van der Waals surface area contributed by atoms with E-state index in [1.54, 1.807) is 31.3 Å². The molecule has 7 nitrogen and oxygen atoms in total. The average Bonchev–Trinajstić information content (AvgIpc) is 2.73. The van der Waals surface area contributed by atoms with E-state index in [2.05, 4.69) is 15.1 Å². The summed E-state index contributed by atoms with van der Waals surface area (Å²) in [6.07, 6.45) is 1.05. The molecule has 0 aliphatic rings. The maximum absolute atomic E-state index is 11.8. The first kappa shape index (κ1) is 14.7. The van der Waals surface area contributed by atoms with Crippen LogP contribution in [-0.2, 0) is 16.9 Å². The summed E-state index contributed by atoms with van der Waals surface area (Å²) in [5.41, 5.74) is 7.34. The topological polar surface area (TPSA) is 104 Å². The van der Waals surface area contributed by atoms with Gasteiger partial charge in [-0.15, -0.1) is 0 Å². The van der Waals surface area contributed by atoms with Gasteiger partial charge in [0.15, 0.2) is 5.65 Å². The van der Waals surface area contributed by atoms with Gasteiger partial charge in [-0.3, -0.25) is 4.68 Å². The molecule has 0 fully saturated rings. The van der Waals surface area contributed by atoms with Crippen molar-refractivity contribution in [3.05, 3.63) is 29.3 Å². The third-order valence-electron chi connectivity index (χ3n) is 3.17. The first-order valence-corrected chi connectivity index (χ1v) is 8.50. The van der Waals surface area contributed by atoms with Crippen LogP contribution in [0.3, 0.4) is 0 Å². The molecule has 0 radical (unpaired) electrons. The average molecular weight is 338 g/mol. The van der Waals surface area contributed by atoms with E-state index in [0.29, 0.717) is 27.5 Å². The van der Waals surface area contributed by atoms with Crippen LogP contribution in [-0.4, -0.2) is 34.4 Å². The van der Waals surface area contributed by atoms with Gasteiger partial charge in [0.2, 0.25) is 15.0 Å². The third-order valence-corrected chi connectivity index (χ3v) is 4.27. The number of anilines is 1. The minimum atomic E-state index is -3.57. The number of aryl methyl sites for hydroxylation is 1. The number of nitrogens with two attached hydrogens (primary N) is 1. The lowest BCUT2D eigenvalue weighted by Gasteiger charge is -2.05. The molecule has 0 saturated heterocycles.